The van der Waals surface area contributed by atoms with E-state index >= 15 is 0 Å². The minimum Gasteiger partial charge on any atom is -0.310 e. The first-order valence-electron chi connectivity index (χ1n) is 22.1. The van der Waals surface area contributed by atoms with Gasteiger partial charge in [-0.2, -0.15) is 0 Å². The van der Waals surface area contributed by atoms with Crippen molar-refractivity contribution in [3.8, 4) is 55.6 Å². The molecule has 298 valence electrons. The number of hydrogen-bond acceptors (Lipinski definition) is 1. The number of benzene rings is 11. The van der Waals surface area contributed by atoms with Crippen LogP contribution in [0.3, 0.4) is 0 Å². The van der Waals surface area contributed by atoms with Gasteiger partial charge in [-0.1, -0.05) is 203 Å². The van der Waals surface area contributed by atoms with E-state index in [0.29, 0.717) is 0 Å². The number of nitrogens with zero attached hydrogens (tertiary/aromatic N) is 1. The number of fused-ring (bicyclic) bond motifs is 9. The average molecular weight is 804 g/mol. The lowest BCUT2D eigenvalue weighted by Crippen LogP contribution is -2.13. The molecule has 0 amide bonds. The second kappa shape index (κ2) is 14.4. The molecule has 0 bridgehead atoms. The van der Waals surface area contributed by atoms with E-state index in [1.54, 1.807) is 0 Å². The Morgan fingerprint density at radius 2 is 0.825 bits per heavy atom. The molecule has 0 heterocycles. The molecule has 0 unspecified atom stereocenters. The van der Waals surface area contributed by atoms with E-state index in [2.05, 4.69) is 244 Å². The summed E-state index contributed by atoms with van der Waals surface area (Å²) < 4.78 is 0. The Kier molecular flexibility index (Phi) is 8.49. The van der Waals surface area contributed by atoms with Gasteiger partial charge in [0.25, 0.3) is 0 Å². The van der Waals surface area contributed by atoms with Gasteiger partial charge in [-0.15, -0.1) is 0 Å². The van der Waals surface area contributed by atoms with Crippen LogP contribution in [0.5, 0.6) is 0 Å². The van der Waals surface area contributed by atoms with Gasteiger partial charge in [0.05, 0.1) is 5.69 Å². The van der Waals surface area contributed by atoms with Crippen LogP contribution in [-0.2, 0) is 5.41 Å². The minimum absolute atomic E-state index is 0.0354. The lowest BCUT2D eigenvalue weighted by atomic mass is 9.81. The quantitative estimate of drug-likeness (QED) is 0.151. The molecule has 1 aliphatic rings. The van der Waals surface area contributed by atoms with Crippen molar-refractivity contribution in [2.45, 2.75) is 26.2 Å². The maximum Gasteiger partial charge on any atom is 0.0540 e. The number of hydrogen-bond donors (Lipinski definition) is 0. The zero-order chi connectivity index (χ0) is 42.2. The summed E-state index contributed by atoms with van der Waals surface area (Å²) in [7, 11) is 0. The summed E-state index contributed by atoms with van der Waals surface area (Å²) >= 11 is 0. The van der Waals surface area contributed by atoms with Crippen molar-refractivity contribution in [3.63, 3.8) is 0 Å². The highest BCUT2D eigenvalue weighted by Crippen LogP contribution is 2.53. The van der Waals surface area contributed by atoms with Crippen LogP contribution in [0.2, 0.25) is 0 Å². The summed E-state index contributed by atoms with van der Waals surface area (Å²) in [5.41, 5.74) is 17.3. The van der Waals surface area contributed by atoms with Crippen molar-refractivity contribution in [2.24, 2.45) is 0 Å². The normalized spacial score (nSPS) is 12.0. The zero-order valence-corrected chi connectivity index (χ0v) is 35.7. The standard InChI is InChI=1S/C62H45N/c1-62(2,3)43-30-32-44(33-31-43)63(57-37-36-51-47-25-14-13-24-46(47)49-28-17-29-53(57)59(49)51)45-34-35-52-56(38-45)48-26-15-16-27-50(48)60-55(41-20-9-5-10-21-41)39-54(40-18-7-4-8-19-40)58(61(52)60)42-22-11-6-12-23-42/h4-39H,1-3H3. The van der Waals surface area contributed by atoms with Gasteiger partial charge >= 0.3 is 0 Å². The summed E-state index contributed by atoms with van der Waals surface area (Å²) in [4.78, 5) is 2.49. The molecule has 11 aromatic carbocycles. The Labute approximate surface area is 369 Å². The van der Waals surface area contributed by atoms with E-state index in [-0.39, 0.29) is 5.41 Å². The fourth-order valence-corrected chi connectivity index (χ4v) is 10.4. The van der Waals surface area contributed by atoms with Gasteiger partial charge in [0, 0.05) is 16.8 Å². The first-order valence-corrected chi connectivity index (χ1v) is 22.1. The molecule has 12 rings (SSSR count). The molecule has 63 heavy (non-hydrogen) atoms. The second-order valence-corrected chi connectivity index (χ2v) is 18.0. The van der Waals surface area contributed by atoms with Gasteiger partial charge in [0.1, 0.15) is 0 Å². The largest absolute Gasteiger partial charge is 0.310 e. The van der Waals surface area contributed by atoms with Crippen LogP contribution >= 0.6 is 0 Å². The fraction of sp³-hybridized carbons (Fsp3) is 0.0645. The smallest absolute Gasteiger partial charge is 0.0540 e. The van der Waals surface area contributed by atoms with Gasteiger partial charge in [-0.25, -0.2) is 0 Å². The molecule has 0 saturated carbocycles. The van der Waals surface area contributed by atoms with Crippen LogP contribution in [0, 0.1) is 0 Å². The van der Waals surface area contributed by atoms with Crippen molar-refractivity contribution in [1.82, 2.24) is 0 Å². The summed E-state index contributed by atoms with van der Waals surface area (Å²) in [5.74, 6) is 0. The number of rotatable bonds is 6. The van der Waals surface area contributed by atoms with Gasteiger partial charge in [-0.05, 0) is 141 Å². The molecule has 1 nitrogen and oxygen atoms in total. The Morgan fingerprint density at radius 1 is 0.302 bits per heavy atom. The van der Waals surface area contributed by atoms with Gasteiger partial charge < -0.3 is 4.90 Å². The molecule has 1 heteroatoms. The zero-order valence-electron chi connectivity index (χ0n) is 35.7. The Balaban J connectivity index is 1.20. The maximum absolute atomic E-state index is 2.49. The predicted molar refractivity (Wildman–Crippen MR) is 271 cm³/mol. The van der Waals surface area contributed by atoms with E-state index in [1.807, 2.05) is 0 Å². The van der Waals surface area contributed by atoms with Crippen molar-refractivity contribution < 1.29 is 0 Å². The summed E-state index contributed by atoms with van der Waals surface area (Å²) in [5, 5.41) is 10.1. The highest BCUT2D eigenvalue weighted by molar-refractivity contribution is 6.33. The van der Waals surface area contributed by atoms with Crippen LogP contribution < -0.4 is 4.90 Å². The van der Waals surface area contributed by atoms with E-state index in [1.165, 1.54) is 110 Å². The predicted octanol–water partition coefficient (Wildman–Crippen LogP) is 17.7. The summed E-state index contributed by atoms with van der Waals surface area (Å²) in [6, 6.07) is 81.2. The van der Waals surface area contributed by atoms with Gasteiger partial charge in [-0.3, -0.25) is 0 Å². The molecule has 1 aliphatic carbocycles. The van der Waals surface area contributed by atoms with E-state index in [0.717, 1.165) is 11.4 Å². The van der Waals surface area contributed by atoms with Crippen LogP contribution in [0.25, 0.3) is 98.7 Å². The Bertz CT molecular complexity index is 3530. The molecule has 0 aliphatic heterocycles. The third kappa shape index (κ3) is 5.92. The van der Waals surface area contributed by atoms with Crippen LogP contribution in [-0.4, -0.2) is 0 Å². The monoisotopic (exact) mass is 803 g/mol. The highest BCUT2D eigenvalue weighted by atomic mass is 15.1. The lowest BCUT2D eigenvalue weighted by molar-refractivity contribution is 0.590. The molecule has 0 fully saturated rings. The van der Waals surface area contributed by atoms with E-state index in [4.69, 9.17) is 0 Å². The van der Waals surface area contributed by atoms with Crippen molar-refractivity contribution >= 4 is 60.2 Å². The molecule has 11 aromatic rings. The first kappa shape index (κ1) is 37.1. The minimum atomic E-state index is 0.0354. The molecule has 0 saturated heterocycles. The van der Waals surface area contributed by atoms with Crippen LogP contribution in [0.15, 0.2) is 218 Å². The van der Waals surface area contributed by atoms with Crippen molar-refractivity contribution in [2.75, 3.05) is 4.90 Å². The SMILES string of the molecule is CC(C)(C)c1ccc(N(c2ccc3c(c2)c2ccccc2c2c(-c4ccccc4)cc(-c4ccccc4)c(-c4ccccc4)c32)c2ccc3c4c(cccc24)-c2ccccc2-3)cc1. The molecule has 0 spiro atoms. The lowest BCUT2D eigenvalue weighted by Gasteiger charge is -2.29. The molecular formula is C62H45N. The molecule has 0 aromatic heterocycles. The fourth-order valence-electron chi connectivity index (χ4n) is 10.4. The van der Waals surface area contributed by atoms with E-state index < -0.39 is 0 Å². The van der Waals surface area contributed by atoms with Crippen LogP contribution in [0.1, 0.15) is 26.3 Å². The molecule has 0 atom stereocenters. The third-order valence-electron chi connectivity index (χ3n) is 13.3. The van der Waals surface area contributed by atoms with Crippen LogP contribution in [0.4, 0.5) is 17.1 Å². The number of anilines is 3. The third-order valence-corrected chi connectivity index (χ3v) is 13.3. The average Bonchev–Trinajstić information content (AvgIpc) is 3.67. The van der Waals surface area contributed by atoms with Gasteiger partial charge in [0.2, 0.25) is 0 Å². The van der Waals surface area contributed by atoms with Gasteiger partial charge in [0.15, 0.2) is 0 Å². The summed E-state index contributed by atoms with van der Waals surface area (Å²) in [6.45, 7) is 6.86. The van der Waals surface area contributed by atoms with Crippen molar-refractivity contribution in [1.29, 1.82) is 0 Å². The second-order valence-electron chi connectivity index (χ2n) is 18.0. The maximum atomic E-state index is 2.49. The topological polar surface area (TPSA) is 3.24 Å². The highest BCUT2D eigenvalue weighted by Gasteiger charge is 2.27. The molecule has 0 N–H and O–H groups in total. The summed E-state index contributed by atoms with van der Waals surface area (Å²) in [6.07, 6.45) is 0. The van der Waals surface area contributed by atoms with E-state index in [9.17, 15) is 0 Å². The Morgan fingerprint density at radius 3 is 1.49 bits per heavy atom. The van der Waals surface area contributed by atoms with Crippen molar-refractivity contribution in [3.05, 3.63) is 224 Å². The molecular weight excluding hydrogens is 759 g/mol. The Hall–Kier alpha value is -7.74. The first-order chi connectivity index (χ1) is 30.9. The molecule has 0 radical (unpaired) electrons.